The number of methoxy groups -OCH3 is 1. The highest BCUT2D eigenvalue weighted by Crippen LogP contribution is 2.36. The van der Waals surface area contributed by atoms with Gasteiger partial charge in [0.05, 0.1) is 54.9 Å². The molecule has 9 nitrogen and oxygen atoms in total. The van der Waals surface area contributed by atoms with Gasteiger partial charge in [-0.3, -0.25) is 9.36 Å². The molecule has 3 aromatic rings. The number of esters is 1. The molecule has 0 saturated heterocycles. The fraction of sp³-hybridized carbons (Fsp3) is 0.387. The molecule has 1 aromatic heterocycles. The monoisotopic (exact) mass is 580 g/mol. The van der Waals surface area contributed by atoms with Gasteiger partial charge in [-0.05, 0) is 83.0 Å². The molecule has 0 fully saturated rings. The van der Waals surface area contributed by atoms with Gasteiger partial charge in [-0.2, -0.15) is 0 Å². The van der Waals surface area contributed by atoms with Crippen molar-refractivity contribution in [1.82, 2.24) is 4.57 Å². The van der Waals surface area contributed by atoms with E-state index in [1.165, 1.54) is 11.3 Å². The molecule has 218 valence electrons. The van der Waals surface area contributed by atoms with E-state index in [-0.39, 0.29) is 18.3 Å². The molecule has 2 aromatic carbocycles. The van der Waals surface area contributed by atoms with Crippen LogP contribution in [0.4, 0.5) is 0 Å². The summed E-state index contributed by atoms with van der Waals surface area (Å²) in [5, 5.41) is 0. The minimum Gasteiger partial charge on any atom is -0.493 e. The molecule has 0 N–H and O–H groups in total. The Morgan fingerprint density at radius 3 is 2.37 bits per heavy atom. The van der Waals surface area contributed by atoms with Crippen LogP contribution in [0.15, 0.2) is 57.5 Å². The summed E-state index contributed by atoms with van der Waals surface area (Å²) in [5.41, 5.74) is 1.95. The molecular formula is C31H36N2O7S. The van der Waals surface area contributed by atoms with Gasteiger partial charge in [0.25, 0.3) is 5.56 Å². The highest BCUT2D eigenvalue weighted by atomic mass is 32.1. The number of aromatic nitrogens is 1. The Labute approximate surface area is 243 Å². The number of carbonyl (C=O) groups is 1. The summed E-state index contributed by atoms with van der Waals surface area (Å²) in [6.45, 7) is 12.3. The van der Waals surface area contributed by atoms with E-state index in [0.29, 0.717) is 62.4 Å². The van der Waals surface area contributed by atoms with Gasteiger partial charge in [-0.15, -0.1) is 0 Å². The molecule has 1 aliphatic rings. The van der Waals surface area contributed by atoms with Crippen LogP contribution in [0.2, 0.25) is 0 Å². The fourth-order valence-electron chi connectivity index (χ4n) is 4.62. The topological polar surface area (TPSA) is 97.6 Å². The molecular weight excluding hydrogens is 544 g/mol. The number of hydrogen-bond donors (Lipinski definition) is 0. The van der Waals surface area contributed by atoms with Crippen molar-refractivity contribution in [1.29, 1.82) is 0 Å². The van der Waals surface area contributed by atoms with E-state index in [0.717, 1.165) is 5.56 Å². The number of nitrogens with zero attached hydrogens (tertiary/aromatic N) is 2. The van der Waals surface area contributed by atoms with E-state index in [1.54, 1.807) is 43.7 Å². The lowest BCUT2D eigenvalue weighted by Crippen LogP contribution is -2.40. The van der Waals surface area contributed by atoms with Crippen molar-refractivity contribution in [3.8, 4) is 23.0 Å². The summed E-state index contributed by atoms with van der Waals surface area (Å²) in [7, 11) is 1.55. The van der Waals surface area contributed by atoms with E-state index < -0.39 is 12.0 Å². The minimum absolute atomic E-state index is 0.0597. The summed E-state index contributed by atoms with van der Waals surface area (Å²) in [4.78, 5) is 32.3. The molecule has 0 radical (unpaired) electrons. The average molecular weight is 581 g/mol. The molecule has 2 heterocycles. The first kappa shape index (κ1) is 29.9. The first-order valence-corrected chi connectivity index (χ1v) is 14.5. The van der Waals surface area contributed by atoms with E-state index in [9.17, 15) is 9.59 Å². The Morgan fingerprint density at radius 2 is 1.71 bits per heavy atom. The summed E-state index contributed by atoms with van der Waals surface area (Å²) < 4.78 is 30.4. The smallest absolute Gasteiger partial charge is 0.338 e. The Hall–Kier alpha value is -4.05. The number of hydrogen-bond acceptors (Lipinski definition) is 9. The van der Waals surface area contributed by atoms with E-state index in [1.807, 2.05) is 52.0 Å². The summed E-state index contributed by atoms with van der Waals surface area (Å²) in [6, 6.07) is 10.2. The van der Waals surface area contributed by atoms with Crippen LogP contribution in [0.3, 0.4) is 0 Å². The van der Waals surface area contributed by atoms with Crippen molar-refractivity contribution < 1.29 is 28.5 Å². The van der Waals surface area contributed by atoms with Gasteiger partial charge >= 0.3 is 5.97 Å². The van der Waals surface area contributed by atoms with Crippen LogP contribution in [0.25, 0.3) is 6.08 Å². The van der Waals surface area contributed by atoms with Gasteiger partial charge in [0.2, 0.25) is 0 Å². The third kappa shape index (κ3) is 6.32. The fourth-order valence-corrected chi connectivity index (χ4v) is 5.67. The Kier molecular flexibility index (Phi) is 9.54. The van der Waals surface area contributed by atoms with Crippen molar-refractivity contribution in [2.75, 3.05) is 26.9 Å². The van der Waals surface area contributed by atoms with Crippen molar-refractivity contribution in [2.24, 2.45) is 4.99 Å². The molecule has 0 unspecified atom stereocenters. The predicted octanol–water partition coefficient (Wildman–Crippen LogP) is 4.39. The van der Waals surface area contributed by atoms with Gasteiger partial charge in [-0.1, -0.05) is 23.5 Å². The standard InChI is InChI=1S/C31H36N2O7S/c1-8-37-22-13-11-20(15-25(22)38-9-2)16-26-29(34)33-28(21-12-14-23(40-18(4)5)24(17-21)36-7)27(30(35)39-10-3)19(6)32-31(33)41-26/h11-18,28H,8-10H2,1-7H3/b26-16-/t28-/m1/s1. The molecule has 10 heteroatoms. The van der Waals surface area contributed by atoms with Crippen LogP contribution in [0.1, 0.15) is 58.7 Å². The Bertz CT molecular complexity index is 1630. The third-order valence-corrected chi connectivity index (χ3v) is 7.23. The first-order chi connectivity index (χ1) is 19.7. The highest BCUT2D eigenvalue weighted by Gasteiger charge is 2.34. The van der Waals surface area contributed by atoms with Crippen molar-refractivity contribution in [2.45, 2.75) is 53.7 Å². The second-order valence-corrected chi connectivity index (χ2v) is 10.5. The second kappa shape index (κ2) is 13.1. The molecule has 0 spiro atoms. The lowest BCUT2D eigenvalue weighted by Gasteiger charge is -2.25. The van der Waals surface area contributed by atoms with E-state index >= 15 is 0 Å². The Balaban J connectivity index is 1.90. The van der Waals surface area contributed by atoms with Crippen LogP contribution in [-0.2, 0) is 9.53 Å². The zero-order chi connectivity index (χ0) is 29.7. The van der Waals surface area contributed by atoms with Crippen LogP contribution in [0, 0.1) is 0 Å². The molecule has 1 atom stereocenters. The zero-order valence-corrected chi connectivity index (χ0v) is 25.3. The number of rotatable bonds is 11. The number of thiazole rings is 1. The maximum Gasteiger partial charge on any atom is 0.338 e. The minimum atomic E-state index is -0.770. The van der Waals surface area contributed by atoms with Gasteiger partial charge in [0.1, 0.15) is 0 Å². The van der Waals surface area contributed by atoms with Gasteiger partial charge in [0, 0.05) is 0 Å². The molecule has 0 amide bonds. The average Bonchev–Trinajstić information content (AvgIpc) is 3.23. The zero-order valence-electron chi connectivity index (χ0n) is 24.5. The van der Waals surface area contributed by atoms with Crippen LogP contribution in [-0.4, -0.2) is 43.6 Å². The third-order valence-electron chi connectivity index (χ3n) is 6.25. The van der Waals surface area contributed by atoms with Crippen LogP contribution >= 0.6 is 11.3 Å². The maximum absolute atomic E-state index is 14.0. The highest BCUT2D eigenvalue weighted by molar-refractivity contribution is 7.07. The molecule has 4 rings (SSSR count). The Morgan fingerprint density at radius 1 is 1.00 bits per heavy atom. The van der Waals surface area contributed by atoms with E-state index in [4.69, 9.17) is 23.7 Å². The lowest BCUT2D eigenvalue weighted by molar-refractivity contribution is -0.139. The van der Waals surface area contributed by atoms with Crippen molar-refractivity contribution >= 4 is 23.4 Å². The molecule has 41 heavy (non-hydrogen) atoms. The lowest BCUT2D eigenvalue weighted by atomic mass is 9.95. The number of carbonyl (C=O) groups excluding carboxylic acids is 1. The number of ether oxygens (including phenoxy) is 5. The second-order valence-electron chi connectivity index (χ2n) is 9.45. The first-order valence-electron chi connectivity index (χ1n) is 13.7. The largest absolute Gasteiger partial charge is 0.493 e. The van der Waals surface area contributed by atoms with Gasteiger partial charge in [-0.25, -0.2) is 9.79 Å². The maximum atomic E-state index is 14.0. The summed E-state index contributed by atoms with van der Waals surface area (Å²) in [6.07, 6.45) is 1.73. The van der Waals surface area contributed by atoms with Crippen LogP contribution < -0.4 is 33.8 Å². The number of allylic oxidation sites excluding steroid dienone is 1. The van der Waals surface area contributed by atoms with Crippen molar-refractivity contribution in [3.63, 3.8) is 0 Å². The number of fused-ring (bicyclic) bond motifs is 1. The van der Waals surface area contributed by atoms with Crippen molar-refractivity contribution in [3.05, 3.63) is 78.5 Å². The number of benzene rings is 2. The quantitative estimate of drug-likeness (QED) is 0.310. The molecule has 0 saturated carbocycles. The SMILES string of the molecule is CCOC(=O)C1=C(C)N=c2s/c(=C\c3ccc(OCC)c(OCC)c3)c(=O)n2[C@@H]1c1ccc(OC(C)C)c(OC)c1. The summed E-state index contributed by atoms with van der Waals surface area (Å²) >= 11 is 1.26. The predicted molar refractivity (Wildman–Crippen MR) is 158 cm³/mol. The molecule has 1 aliphatic heterocycles. The normalized spacial score (nSPS) is 14.9. The molecule has 0 bridgehead atoms. The van der Waals surface area contributed by atoms with Crippen LogP contribution in [0.5, 0.6) is 23.0 Å². The van der Waals surface area contributed by atoms with Gasteiger partial charge < -0.3 is 23.7 Å². The summed E-state index contributed by atoms with van der Waals surface area (Å²) in [5.74, 6) is 1.78. The molecule has 0 aliphatic carbocycles. The van der Waals surface area contributed by atoms with Gasteiger partial charge in [0.15, 0.2) is 27.8 Å². The van der Waals surface area contributed by atoms with E-state index in [2.05, 4.69) is 4.99 Å².